The zero-order valence-corrected chi connectivity index (χ0v) is 10.3. The quantitative estimate of drug-likeness (QED) is 0.639. The van der Waals surface area contributed by atoms with E-state index in [1.165, 1.54) is 0 Å². The number of carbonyl (C=O) groups is 1. The van der Waals surface area contributed by atoms with Gasteiger partial charge in [-0.05, 0) is 12.1 Å². The summed E-state index contributed by atoms with van der Waals surface area (Å²) >= 11 is 0. The Labute approximate surface area is 117 Å². The largest absolute Gasteiger partial charge is 0.421 e. The van der Waals surface area contributed by atoms with Crippen LogP contribution in [0.25, 0.3) is 0 Å². The van der Waals surface area contributed by atoms with Crippen molar-refractivity contribution in [3.63, 3.8) is 0 Å². The van der Waals surface area contributed by atoms with Gasteiger partial charge < -0.3 is 4.74 Å². The number of nitriles is 1. The summed E-state index contributed by atoms with van der Waals surface area (Å²) in [4.78, 5) is 17.7. The van der Waals surface area contributed by atoms with E-state index in [4.69, 9.17) is 10.00 Å². The van der Waals surface area contributed by atoms with Crippen molar-refractivity contribution in [2.24, 2.45) is 0 Å². The van der Waals surface area contributed by atoms with Crippen molar-refractivity contribution in [2.75, 3.05) is 5.43 Å². The fourth-order valence-electron chi connectivity index (χ4n) is 1.35. The highest BCUT2D eigenvalue weighted by molar-refractivity contribution is 5.56. The van der Waals surface area contributed by atoms with Crippen LogP contribution in [0.5, 0.6) is 11.8 Å². The van der Waals surface area contributed by atoms with E-state index >= 15 is 0 Å². The van der Waals surface area contributed by atoms with Crippen LogP contribution in [-0.2, 0) is 4.79 Å². The molecule has 2 rings (SSSR count). The summed E-state index contributed by atoms with van der Waals surface area (Å²) < 4.78 is 31.3. The van der Waals surface area contributed by atoms with Crippen molar-refractivity contribution >= 4 is 12.2 Å². The third-order valence-corrected chi connectivity index (χ3v) is 2.23. The lowest BCUT2D eigenvalue weighted by Crippen LogP contribution is -2.21. The highest BCUT2D eigenvalue weighted by Crippen LogP contribution is 2.23. The topological polar surface area (TPSA) is 99.9 Å². The van der Waals surface area contributed by atoms with Gasteiger partial charge in [0.1, 0.15) is 17.4 Å². The molecule has 0 fully saturated rings. The SMILES string of the molecule is N#Cc1cnc(Oc2ccc(F)cc2F)nc1NNC=O. The molecule has 1 heterocycles. The van der Waals surface area contributed by atoms with Crippen LogP contribution in [0.15, 0.2) is 24.4 Å². The number of hydrogen-bond donors (Lipinski definition) is 2. The number of rotatable bonds is 5. The van der Waals surface area contributed by atoms with Gasteiger partial charge in [0.15, 0.2) is 17.4 Å². The van der Waals surface area contributed by atoms with E-state index in [1.54, 1.807) is 6.07 Å². The zero-order chi connectivity index (χ0) is 15.2. The molecule has 2 N–H and O–H groups in total. The van der Waals surface area contributed by atoms with Gasteiger partial charge in [0, 0.05) is 6.07 Å². The second kappa shape index (κ2) is 6.25. The summed E-state index contributed by atoms with van der Waals surface area (Å²) in [5, 5.41) is 8.84. The highest BCUT2D eigenvalue weighted by Gasteiger charge is 2.11. The molecule has 7 nitrogen and oxygen atoms in total. The van der Waals surface area contributed by atoms with Gasteiger partial charge in [0.25, 0.3) is 0 Å². The number of anilines is 1. The van der Waals surface area contributed by atoms with E-state index in [2.05, 4.69) is 20.8 Å². The lowest BCUT2D eigenvalue weighted by Gasteiger charge is -2.08. The molecule has 0 unspecified atom stereocenters. The van der Waals surface area contributed by atoms with Crippen molar-refractivity contribution in [2.45, 2.75) is 0 Å². The van der Waals surface area contributed by atoms with Crippen molar-refractivity contribution in [1.82, 2.24) is 15.4 Å². The molecule has 0 aliphatic rings. The molecule has 0 aliphatic heterocycles. The monoisotopic (exact) mass is 291 g/mol. The Balaban J connectivity index is 2.28. The number of benzene rings is 1. The van der Waals surface area contributed by atoms with Gasteiger partial charge in [-0.3, -0.25) is 15.6 Å². The standard InChI is InChI=1S/C12H7F2N5O2/c13-8-1-2-10(9(14)3-8)21-12-16-5-7(4-15)11(18-12)19-17-6-20/h1-3,5-6H,(H,17,20)(H,16,18,19). The van der Waals surface area contributed by atoms with Crippen molar-refractivity contribution in [3.8, 4) is 17.8 Å². The average Bonchev–Trinajstić information content (AvgIpc) is 2.48. The van der Waals surface area contributed by atoms with Crippen molar-refractivity contribution in [3.05, 3.63) is 41.6 Å². The molecule has 0 radical (unpaired) electrons. The Morgan fingerprint density at radius 3 is 2.86 bits per heavy atom. The van der Waals surface area contributed by atoms with Crippen LogP contribution < -0.4 is 15.6 Å². The first-order valence-electron chi connectivity index (χ1n) is 5.49. The number of nitrogens with one attached hydrogen (secondary N) is 2. The van der Waals surface area contributed by atoms with Gasteiger partial charge in [-0.15, -0.1) is 0 Å². The van der Waals surface area contributed by atoms with Gasteiger partial charge in [0.2, 0.25) is 6.41 Å². The summed E-state index contributed by atoms with van der Waals surface area (Å²) in [6, 6.07) is 4.24. The summed E-state index contributed by atoms with van der Waals surface area (Å²) in [5.41, 5.74) is 4.47. The van der Waals surface area contributed by atoms with Gasteiger partial charge in [0.05, 0.1) is 6.20 Å². The predicted octanol–water partition coefficient (Wildman–Crippen LogP) is 1.49. The van der Waals surface area contributed by atoms with E-state index < -0.39 is 11.6 Å². The average molecular weight is 291 g/mol. The molecule has 0 aliphatic carbocycles. The molecular formula is C12H7F2N5O2. The fourth-order valence-corrected chi connectivity index (χ4v) is 1.35. The minimum Gasteiger partial charge on any atom is -0.421 e. The summed E-state index contributed by atoms with van der Waals surface area (Å²) in [6.45, 7) is 0. The van der Waals surface area contributed by atoms with Crippen LogP contribution in [0.4, 0.5) is 14.6 Å². The maximum absolute atomic E-state index is 13.4. The Kier molecular flexibility index (Phi) is 4.20. The van der Waals surface area contributed by atoms with Crippen LogP contribution in [0.3, 0.4) is 0 Å². The van der Waals surface area contributed by atoms with Gasteiger partial charge in [-0.1, -0.05) is 0 Å². The first kappa shape index (κ1) is 14.1. The lowest BCUT2D eigenvalue weighted by atomic mass is 10.3. The molecule has 0 spiro atoms. The third-order valence-electron chi connectivity index (χ3n) is 2.23. The molecule has 1 aromatic heterocycles. The molecule has 0 saturated carbocycles. The second-order valence-electron chi connectivity index (χ2n) is 3.59. The fraction of sp³-hybridized carbons (Fsp3) is 0. The molecule has 106 valence electrons. The second-order valence-corrected chi connectivity index (χ2v) is 3.59. The maximum atomic E-state index is 13.4. The Bertz CT molecular complexity index is 717. The van der Waals surface area contributed by atoms with E-state index in [9.17, 15) is 13.6 Å². The summed E-state index contributed by atoms with van der Waals surface area (Å²) in [5.74, 6) is -1.99. The van der Waals surface area contributed by atoms with Crippen molar-refractivity contribution < 1.29 is 18.3 Å². The highest BCUT2D eigenvalue weighted by atomic mass is 19.1. The van der Waals surface area contributed by atoms with Crippen LogP contribution in [0.2, 0.25) is 0 Å². The molecule has 0 saturated heterocycles. The van der Waals surface area contributed by atoms with E-state index in [0.717, 1.165) is 18.3 Å². The number of nitrogens with zero attached hydrogens (tertiary/aromatic N) is 3. The lowest BCUT2D eigenvalue weighted by molar-refractivity contribution is -0.109. The number of aromatic nitrogens is 2. The molecule has 0 atom stereocenters. The predicted molar refractivity (Wildman–Crippen MR) is 66.0 cm³/mol. The minimum atomic E-state index is -0.927. The third kappa shape index (κ3) is 3.38. The molecular weight excluding hydrogens is 284 g/mol. The number of ether oxygens (including phenoxy) is 1. The Morgan fingerprint density at radius 1 is 1.38 bits per heavy atom. The normalized spacial score (nSPS) is 9.57. The van der Waals surface area contributed by atoms with Crippen molar-refractivity contribution in [1.29, 1.82) is 5.26 Å². The number of carbonyl (C=O) groups excluding carboxylic acids is 1. The number of hydrogen-bond acceptors (Lipinski definition) is 6. The van der Waals surface area contributed by atoms with Gasteiger partial charge >= 0.3 is 6.01 Å². The zero-order valence-electron chi connectivity index (χ0n) is 10.3. The van der Waals surface area contributed by atoms with Crippen LogP contribution >= 0.6 is 0 Å². The molecule has 1 aromatic carbocycles. The number of amides is 1. The molecule has 9 heteroatoms. The Morgan fingerprint density at radius 2 is 2.19 bits per heavy atom. The molecule has 21 heavy (non-hydrogen) atoms. The van der Waals surface area contributed by atoms with Crippen LogP contribution in [-0.4, -0.2) is 16.4 Å². The maximum Gasteiger partial charge on any atom is 0.324 e. The minimum absolute atomic E-state index is 0.0304. The van der Waals surface area contributed by atoms with E-state index in [0.29, 0.717) is 12.5 Å². The molecule has 1 amide bonds. The first-order valence-corrected chi connectivity index (χ1v) is 5.49. The first-order chi connectivity index (χ1) is 10.1. The molecule has 2 aromatic rings. The van der Waals surface area contributed by atoms with E-state index in [1.807, 2.05) is 0 Å². The van der Waals surface area contributed by atoms with E-state index in [-0.39, 0.29) is 23.1 Å². The summed E-state index contributed by atoms with van der Waals surface area (Å²) in [7, 11) is 0. The van der Waals surface area contributed by atoms with Gasteiger partial charge in [-0.2, -0.15) is 10.2 Å². The number of halogens is 2. The Hall–Kier alpha value is -3.28. The summed E-state index contributed by atoms with van der Waals surface area (Å²) in [6.07, 6.45) is 1.46. The van der Waals surface area contributed by atoms with Crippen LogP contribution in [0.1, 0.15) is 5.56 Å². The smallest absolute Gasteiger partial charge is 0.324 e. The van der Waals surface area contributed by atoms with Gasteiger partial charge in [-0.25, -0.2) is 13.8 Å². The number of hydrazine groups is 1. The van der Waals surface area contributed by atoms with Crippen LogP contribution in [0, 0.1) is 23.0 Å². The molecule has 0 bridgehead atoms.